The topological polar surface area (TPSA) is 29.9 Å². The Hall–Kier alpha value is -0.870. The molecule has 4 heteroatoms. The van der Waals surface area contributed by atoms with Crippen LogP contribution in [0.25, 0.3) is 10.9 Å². The SMILES string of the molecule is C[C@H]1CNCC(n2cc3ccc(Br)cc3n2)C1. The van der Waals surface area contributed by atoms with Gasteiger partial charge in [-0.3, -0.25) is 4.68 Å². The normalized spacial score (nSPS) is 25.3. The van der Waals surface area contributed by atoms with E-state index < -0.39 is 0 Å². The van der Waals surface area contributed by atoms with Crippen molar-refractivity contribution in [3.8, 4) is 0 Å². The number of nitrogens with one attached hydrogen (secondary N) is 1. The first-order chi connectivity index (χ1) is 8.22. The molecule has 0 aliphatic carbocycles. The lowest BCUT2D eigenvalue weighted by Crippen LogP contribution is -2.36. The van der Waals surface area contributed by atoms with Crippen molar-refractivity contribution in [1.29, 1.82) is 0 Å². The van der Waals surface area contributed by atoms with Gasteiger partial charge in [-0.1, -0.05) is 28.9 Å². The van der Waals surface area contributed by atoms with Gasteiger partial charge >= 0.3 is 0 Å². The molecule has 0 saturated carbocycles. The highest BCUT2D eigenvalue weighted by Crippen LogP contribution is 2.24. The predicted molar refractivity (Wildman–Crippen MR) is 73.1 cm³/mol. The highest BCUT2D eigenvalue weighted by molar-refractivity contribution is 9.10. The molecule has 1 fully saturated rings. The van der Waals surface area contributed by atoms with Gasteiger partial charge in [0.2, 0.25) is 0 Å². The third-order valence-electron chi connectivity index (χ3n) is 3.41. The van der Waals surface area contributed by atoms with E-state index in [1.165, 1.54) is 11.8 Å². The summed E-state index contributed by atoms with van der Waals surface area (Å²) in [5, 5.41) is 9.36. The van der Waals surface area contributed by atoms with Crippen LogP contribution in [-0.4, -0.2) is 22.9 Å². The molecular weight excluding hydrogens is 278 g/mol. The minimum Gasteiger partial charge on any atom is -0.314 e. The molecule has 2 aromatic rings. The van der Waals surface area contributed by atoms with Crippen LogP contribution in [-0.2, 0) is 0 Å². The molecule has 1 aliphatic heterocycles. The first-order valence-corrected chi connectivity index (χ1v) is 6.87. The number of nitrogens with zero attached hydrogens (tertiary/aromatic N) is 2. The quantitative estimate of drug-likeness (QED) is 0.876. The zero-order valence-electron chi connectivity index (χ0n) is 9.86. The minimum absolute atomic E-state index is 0.491. The van der Waals surface area contributed by atoms with Crippen molar-refractivity contribution in [2.75, 3.05) is 13.1 Å². The second-order valence-electron chi connectivity index (χ2n) is 4.97. The summed E-state index contributed by atoms with van der Waals surface area (Å²) < 4.78 is 3.21. The molecule has 1 unspecified atom stereocenters. The van der Waals surface area contributed by atoms with Crippen molar-refractivity contribution in [1.82, 2.24) is 15.1 Å². The molecule has 1 aromatic carbocycles. The van der Waals surface area contributed by atoms with Gasteiger partial charge in [0, 0.05) is 22.6 Å². The van der Waals surface area contributed by atoms with Gasteiger partial charge in [0.25, 0.3) is 0 Å². The summed E-state index contributed by atoms with van der Waals surface area (Å²) >= 11 is 3.49. The maximum Gasteiger partial charge on any atom is 0.0934 e. The molecule has 17 heavy (non-hydrogen) atoms. The fourth-order valence-electron chi connectivity index (χ4n) is 2.52. The van der Waals surface area contributed by atoms with Crippen LogP contribution in [0.5, 0.6) is 0 Å². The average molecular weight is 294 g/mol. The standard InChI is InChI=1S/C13H16BrN3/c1-9-4-12(7-15-6-9)17-8-10-2-3-11(14)5-13(10)16-17/h2-3,5,8-9,12,15H,4,6-7H2,1H3/t9-,12?/m1/s1. The van der Waals surface area contributed by atoms with E-state index in [1.54, 1.807) is 0 Å². The van der Waals surface area contributed by atoms with Gasteiger partial charge < -0.3 is 5.32 Å². The molecule has 1 aliphatic rings. The van der Waals surface area contributed by atoms with E-state index in [-0.39, 0.29) is 0 Å². The van der Waals surface area contributed by atoms with Gasteiger partial charge in [-0.25, -0.2) is 0 Å². The molecule has 2 atom stereocenters. The van der Waals surface area contributed by atoms with Crippen molar-refractivity contribution < 1.29 is 0 Å². The van der Waals surface area contributed by atoms with Crippen molar-refractivity contribution >= 4 is 26.8 Å². The Morgan fingerprint density at radius 1 is 1.41 bits per heavy atom. The van der Waals surface area contributed by atoms with Crippen LogP contribution < -0.4 is 5.32 Å². The van der Waals surface area contributed by atoms with Crippen LogP contribution in [0.3, 0.4) is 0 Å². The van der Waals surface area contributed by atoms with Crippen LogP contribution >= 0.6 is 15.9 Å². The van der Waals surface area contributed by atoms with Crippen molar-refractivity contribution in [2.24, 2.45) is 5.92 Å². The van der Waals surface area contributed by atoms with Gasteiger partial charge in [0.05, 0.1) is 11.6 Å². The van der Waals surface area contributed by atoms with E-state index in [0.29, 0.717) is 6.04 Å². The summed E-state index contributed by atoms with van der Waals surface area (Å²) in [6.45, 7) is 4.45. The van der Waals surface area contributed by atoms with E-state index in [1.807, 2.05) is 0 Å². The number of halogens is 1. The number of piperidine rings is 1. The third-order valence-corrected chi connectivity index (χ3v) is 3.90. The van der Waals surface area contributed by atoms with Crippen LogP contribution in [0.15, 0.2) is 28.9 Å². The molecule has 3 nitrogen and oxygen atoms in total. The van der Waals surface area contributed by atoms with Crippen LogP contribution in [0.4, 0.5) is 0 Å². The lowest BCUT2D eigenvalue weighted by atomic mass is 9.98. The Kier molecular flexibility index (Phi) is 2.92. The molecule has 3 rings (SSSR count). The number of hydrogen-bond donors (Lipinski definition) is 1. The maximum atomic E-state index is 4.68. The highest BCUT2D eigenvalue weighted by atomic mass is 79.9. The molecule has 0 amide bonds. The van der Waals surface area contributed by atoms with Gasteiger partial charge in [-0.2, -0.15) is 5.10 Å². The first-order valence-electron chi connectivity index (χ1n) is 6.07. The molecule has 1 N–H and O–H groups in total. The van der Waals surface area contributed by atoms with Gasteiger partial charge in [-0.05, 0) is 31.0 Å². The van der Waals surface area contributed by atoms with Crippen molar-refractivity contribution in [3.05, 3.63) is 28.9 Å². The number of fused-ring (bicyclic) bond motifs is 1. The summed E-state index contributed by atoms with van der Waals surface area (Å²) in [6, 6.07) is 6.74. The van der Waals surface area contributed by atoms with Gasteiger partial charge in [-0.15, -0.1) is 0 Å². The molecule has 0 bridgehead atoms. The second-order valence-corrected chi connectivity index (χ2v) is 5.88. The monoisotopic (exact) mass is 293 g/mol. The first kappa shape index (κ1) is 11.2. The van der Waals surface area contributed by atoms with E-state index in [0.717, 1.165) is 29.0 Å². The molecule has 1 aromatic heterocycles. The van der Waals surface area contributed by atoms with Crippen molar-refractivity contribution in [2.45, 2.75) is 19.4 Å². The number of hydrogen-bond acceptors (Lipinski definition) is 2. The number of aromatic nitrogens is 2. The number of benzene rings is 1. The van der Waals surface area contributed by atoms with Crippen molar-refractivity contribution in [3.63, 3.8) is 0 Å². The summed E-state index contributed by atoms with van der Waals surface area (Å²) in [5.74, 6) is 0.729. The Balaban J connectivity index is 1.94. The Morgan fingerprint density at radius 2 is 2.29 bits per heavy atom. The van der Waals surface area contributed by atoms with Crippen LogP contribution in [0, 0.1) is 5.92 Å². The molecule has 90 valence electrons. The lowest BCUT2D eigenvalue weighted by Gasteiger charge is -2.27. The predicted octanol–water partition coefficient (Wildman–Crippen LogP) is 2.97. The van der Waals surface area contributed by atoms with E-state index in [4.69, 9.17) is 0 Å². The van der Waals surface area contributed by atoms with E-state index >= 15 is 0 Å². The summed E-state index contributed by atoms with van der Waals surface area (Å²) in [4.78, 5) is 0. The summed E-state index contributed by atoms with van der Waals surface area (Å²) in [7, 11) is 0. The fourth-order valence-corrected chi connectivity index (χ4v) is 2.87. The Morgan fingerprint density at radius 3 is 3.12 bits per heavy atom. The molecule has 0 radical (unpaired) electrons. The summed E-state index contributed by atoms with van der Waals surface area (Å²) in [5.41, 5.74) is 1.07. The van der Waals surface area contributed by atoms with E-state index in [2.05, 4.69) is 62.3 Å². The smallest absolute Gasteiger partial charge is 0.0934 e. The van der Waals surface area contributed by atoms with Gasteiger partial charge in [0.15, 0.2) is 0 Å². The average Bonchev–Trinajstić information content (AvgIpc) is 2.72. The zero-order chi connectivity index (χ0) is 11.8. The molecule has 2 heterocycles. The largest absolute Gasteiger partial charge is 0.314 e. The molecular formula is C13H16BrN3. The molecule has 1 saturated heterocycles. The van der Waals surface area contributed by atoms with Gasteiger partial charge in [0.1, 0.15) is 0 Å². The Labute approximate surface area is 109 Å². The minimum atomic E-state index is 0.491. The Bertz CT molecular complexity index is 534. The van der Waals surface area contributed by atoms with Crippen LogP contribution in [0.1, 0.15) is 19.4 Å². The number of rotatable bonds is 1. The van der Waals surface area contributed by atoms with E-state index in [9.17, 15) is 0 Å². The zero-order valence-corrected chi connectivity index (χ0v) is 11.4. The van der Waals surface area contributed by atoms with Crippen LogP contribution in [0.2, 0.25) is 0 Å². The third kappa shape index (κ3) is 2.24. The second kappa shape index (κ2) is 4.42. The lowest BCUT2D eigenvalue weighted by molar-refractivity contribution is 0.286. The molecule has 0 spiro atoms. The summed E-state index contributed by atoms with van der Waals surface area (Å²) in [6.07, 6.45) is 3.37. The maximum absolute atomic E-state index is 4.68. The highest BCUT2D eigenvalue weighted by Gasteiger charge is 2.20. The fraction of sp³-hybridized carbons (Fsp3) is 0.462.